The number of nitrogens with zero attached hydrogens (tertiary/aromatic N) is 1. The number of halogens is 1. The summed E-state index contributed by atoms with van der Waals surface area (Å²) in [6.07, 6.45) is 7.83. The Morgan fingerprint density at radius 1 is 1.00 bits per heavy atom. The minimum absolute atomic E-state index is 0.195. The molecule has 2 fully saturated rings. The Hall–Kier alpha value is -3.06. The standard InChI is InChI=1S/C29H30FNO4S/c1-33-28-15-24-26(16-29(28)34-2)31-10-9-27(24)35-21-8-7-19(25(30)14-21)11-22(36)12-20(32)13-23-17-3-4-18(23)6-5-17/h7-10,14-18,23H,3-6,11-13H2,1-2H3. The summed E-state index contributed by atoms with van der Waals surface area (Å²) in [5, 5.41) is 0.718. The van der Waals surface area contributed by atoms with Crippen LogP contribution in [0.25, 0.3) is 10.9 Å². The molecule has 0 spiro atoms. The van der Waals surface area contributed by atoms with Gasteiger partial charge in [0.25, 0.3) is 0 Å². The lowest BCUT2D eigenvalue weighted by Gasteiger charge is -2.15. The third-order valence-corrected chi connectivity index (χ3v) is 8.02. The number of thiocarbonyl (C=S) groups is 1. The van der Waals surface area contributed by atoms with E-state index in [1.165, 1.54) is 31.7 Å². The molecule has 5 nitrogen and oxygen atoms in total. The van der Waals surface area contributed by atoms with Gasteiger partial charge in [-0.15, -0.1) is 0 Å². The topological polar surface area (TPSA) is 57.7 Å². The Bertz CT molecular complexity index is 1290. The first kappa shape index (κ1) is 24.6. The second-order valence-electron chi connectivity index (χ2n) is 9.86. The SMILES string of the molecule is COc1cc2nccc(Oc3ccc(CC(=S)CC(=O)CC4C5CCC4CC5)c(F)c3)c2cc1OC. The smallest absolute Gasteiger partial charge is 0.162 e. The van der Waals surface area contributed by atoms with Crippen molar-refractivity contribution in [3.8, 4) is 23.0 Å². The Kier molecular flexibility index (Phi) is 7.19. The molecule has 2 bridgehead atoms. The van der Waals surface area contributed by atoms with Gasteiger partial charge in [-0.1, -0.05) is 18.3 Å². The van der Waals surface area contributed by atoms with E-state index >= 15 is 0 Å². The maximum absolute atomic E-state index is 14.9. The molecule has 2 aliphatic carbocycles. The molecule has 0 amide bonds. The Labute approximate surface area is 216 Å². The molecule has 2 saturated carbocycles. The second kappa shape index (κ2) is 10.5. The Morgan fingerprint density at radius 3 is 2.36 bits per heavy atom. The third-order valence-electron chi connectivity index (χ3n) is 7.73. The van der Waals surface area contributed by atoms with Gasteiger partial charge in [0, 0.05) is 47.8 Å². The lowest BCUT2D eigenvalue weighted by molar-refractivity contribution is -0.119. The van der Waals surface area contributed by atoms with Crippen molar-refractivity contribution in [2.75, 3.05) is 14.2 Å². The fraction of sp³-hybridized carbons (Fsp3) is 0.414. The molecule has 2 aromatic carbocycles. The number of aromatic nitrogens is 1. The number of Topliss-reactive ketones (excluding diaryl/α,β-unsaturated/α-hetero) is 1. The number of carbonyl (C=O) groups is 1. The van der Waals surface area contributed by atoms with Gasteiger partial charge in [-0.3, -0.25) is 9.78 Å². The molecule has 1 aromatic heterocycles. The summed E-state index contributed by atoms with van der Waals surface area (Å²) in [5.41, 5.74) is 1.13. The van der Waals surface area contributed by atoms with Crippen LogP contribution >= 0.6 is 12.2 Å². The molecule has 0 unspecified atom stereocenters. The van der Waals surface area contributed by atoms with E-state index in [1.807, 2.05) is 0 Å². The van der Waals surface area contributed by atoms with Crippen molar-refractivity contribution in [3.05, 3.63) is 54.0 Å². The first-order chi connectivity index (χ1) is 17.4. The van der Waals surface area contributed by atoms with Crippen molar-refractivity contribution in [1.29, 1.82) is 0 Å². The summed E-state index contributed by atoms with van der Waals surface area (Å²) >= 11 is 5.47. The van der Waals surface area contributed by atoms with E-state index in [9.17, 15) is 9.18 Å². The zero-order valence-electron chi connectivity index (χ0n) is 20.6. The van der Waals surface area contributed by atoms with Crippen LogP contribution in [0.3, 0.4) is 0 Å². The number of pyridine rings is 1. The van der Waals surface area contributed by atoms with Gasteiger partial charge >= 0.3 is 0 Å². The third kappa shape index (κ3) is 5.07. The Balaban J connectivity index is 1.24. The van der Waals surface area contributed by atoms with Gasteiger partial charge in [0.1, 0.15) is 23.1 Å². The highest BCUT2D eigenvalue weighted by molar-refractivity contribution is 7.80. The molecule has 0 atom stereocenters. The quantitative estimate of drug-likeness (QED) is 0.279. The predicted octanol–water partition coefficient (Wildman–Crippen LogP) is 6.88. The van der Waals surface area contributed by atoms with Crippen LogP contribution in [0.2, 0.25) is 0 Å². The number of methoxy groups -OCH3 is 2. The van der Waals surface area contributed by atoms with Crippen molar-refractivity contribution in [2.45, 2.75) is 44.9 Å². The van der Waals surface area contributed by atoms with Gasteiger partial charge in [0.05, 0.1) is 19.7 Å². The van der Waals surface area contributed by atoms with Crippen LogP contribution in [0.1, 0.15) is 44.1 Å². The van der Waals surface area contributed by atoms with Crippen LogP contribution in [-0.4, -0.2) is 29.9 Å². The van der Waals surface area contributed by atoms with Crippen molar-refractivity contribution in [2.24, 2.45) is 17.8 Å². The van der Waals surface area contributed by atoms with Crippen LogP contribution in [-0.2, 0) is 11.2 Å². The highest BCUT2D eigenvalue weighted by Crippen LogP contribution is 2.50. The predicted molar refractivity (Wildman–Crippen MR) is 141 cm³/mol. The normalized spacial score (nSPS) is 20.5. The minimum Gasteiger partial charge on any atom is -0.493 e. The van der Waals surface area contributed by atoms with E-state index in [0.29, 0.717) is 51.3 Å². The first-order valence-corrected chi connectivity index (χ1v) is 12.9. The van der Waals surface area contributed by atoms with Gasteiger partial charge in [0.2, 0.25) is 0 Å². The molecule has 3 aromatic rings. The molecular weight excluding hydrogens is 477 g/mol. The van der Waals surface area contributed by atoms with Crippen LogP contribution < -0.4 is 14.2 Å². The van der Waals surface area contributed by atoms with E-state index in [1.54, 1.807) is 50.7 Å². The second-order valence-corrected chi connectivity index (χ2v) is 10.4. The molecule has 36 heavy (non-hydrogen) atoms. The molecule has 0 radical (unpaired) electrons. The summed E-state index contributed by atoms with van der Waals surface area (Å²) in [4.78, 5) is 17.6. The van der Waals surface area contributed by atoms with E-state index in [-0.39, 0.29) is 18.6 Å². The maximum atomic E-state index is 14.9. The number of fused-ring (bicyclic) bond motifs is 3. The highest BCUT2D eigenvalue weighted by atomic mass is 32.1. The van der Waals surface area contributed by atoms with Crippen LogP contribution in [0, 0.1) is 23.6 Å². The summed E-state index contributed by atoms with van der Waals surface area (Å²) in [5.74, 6) is 3.76. The lowest BCUT2D eigenvalue weighted by atomic mass is 9.90. The van der Waals surface area contributed by atoms with Crippen molar-refractivity contribution >= 4 is 33.8 Å². The van der Waals surface area contributed by atoms with Crippen LogP contribution in [0.4, 0.5) is 4.39 Å². The monoisotopic (exact) mass is 507 g/mol. The van der Waals surface area contributed by atoms with Crippen LogP contribution in [0.5, 0.6) is 23.0 Å². The molecule has 7 heteroatoms. The molecule has 0 N–H and O–H groups in total. The number of hydrogen-bond donors (Lipinski definition) is 0. The average molecular weight is 508 g/mol. The lowest BCUT2D eigenvalue weighted by Crippen LogP contribution is -2.16. The number of carbonyl (C=O) groups excluding carboxylic acids is 1. The van der Waals surface area contributed by atoms with Gasteiger partial charge < -0.3 is 14.2 Å². The van der Waals surface area contributed by atoms with Crippen molar-refractivity contribution in [1.82, 2.24) is 4.98 Å². The van der Waals surface area contributed by atoms with Gasteiger partial charge in [-0.2, -0.15) is 0 Å². The molecular formula is C29H30FNO4S. The average Bonchev–Trinajstić information content (AvgIpc) is 3.43. The first-order valence-electron chi connectivity index (χ1n) is 12.5. The molecule has 1 heterocycles. The molecule has 188 valence electrons. The van der Waals surface area contributed by atoms with Crippen molar-refractivity contribution in [3.63, 3.8) is 0 Å². The number of rotatable bonds is 10. The number of ether oxygens (including phenoxy) is 3. The summed E-state index contributed by atoms with van der Waals surface area (Å²) in [6.45, 7) is 0. The zero-order chi connectivity index (χ0) is 25.2. The van der Waals surface area contributed by atoms with Gasteiger partial charge in [-0.05, 0) is 67.2 Å². The van der Waals surface area contributed by atoms with Gasteiger partial charge in [-0.25, -0.2) is 4.39 Å². The highest BCUT2D eigenvalue weighted by Gasteiger charge is 2.42. The number of benzene rings is 2. The minimum atomic E-state index is -0.409. The fourth-order valence-electron chi connectivity index (χ4n) is 5.95. The zero-order valence-corrected chi connectivity index (χ0v) is 21.4. The Morgan fingerprint density at radius 2 is 1.69 bits per heavy atom. The molecule has 0 saturated heterocycles. The van der Waals surface area contributed by atoms with E-state index in [4.69, 9.17) is 26.4 Å². The maximum Gasteiger partial charge on any atom is 0.162 e. The number of ketones is 1. The summed E-state index contributed by atoms with van der Waals surface area (Å²) < 4.78 is 31.7. The fourth-order valence-corrected chi connectivity index (χ4v) is 6.26. The number of hydrogen-bond acceptors (Lipinski definition) is 6. The van der Waals surface area contributed by atoms with Crippen molar-refractivity contribution < 1.29 is 23.4 Å². The summed E-state index contributed by atoms with van der Waals surface area (Å²) in [6, 6.07) is 10.0. The van der Waals surface area contributed by atoms with E-state index in [2.05, 4.69) is 4.98 Å². The van der Waals surface area contributed by atoms with E-state index < -0.39 is 5.82 Å². The summed E-state index contributed by atoms with van der Waals surface area (Å²) in [7, 11) is 3.13. The molecule has 2 aliphatic rings. The molecule has 0 aliphatic heterocycles. The van der Waals surface area contributed by atoms with E-state index in [0.717, 1.165) is 17.2 Å². The largest absolute Gasteiger partial charge is 0.493 e. The van der Waals surface area contributed by atoms with Crippen LogP contribution in [0.15, 0.2) is 42.6 Å². The van der Waals surface area contributed by atoms with Gasteiger partial charge in [0.15, 0.2) is 11.5 Å². The molecule has 5 rings (SSSR count).